The molecule has 0 aliphatic rings. The highest BCUT2D eigenvalue weighted by Gasteiger charge is 2.27. The van der Waals surface area contributed by atoms with Gasteiger partial charge in [-0.05, 0) is 12.5 Å². The lowest BCUT2D eigenvalue weighted by Crippen LogP contribution is -2.28. The van der Waals surface area contributed by atoms with Crippen molar-refractivity contribution in [1.82, 2.24) is 9.97 Å². The van der Waals surface area contributed by atoms with Gasteiger partial charge in [0.25, 0.3) is 11.5 Å². The van der Waals surface area contributed by atoms with Crippen LogP contribution in [0.15, 0.2) is 23.0 Å². The zero-order chi connectivity index (χ0) is 21.9. The topological polar surface area (TPSA) is 105 Å². The molecule has 0 saturated heterocycles. The predicted octanol–water partition coefficient (Wildman–Crippen LogP) is 3.01. The second-order valence-electron chi connectivity index (χ2n) is 6.87. The third kappa shape index (κ3) is 4.94. The molecule has 4 N–H and O–H groups in total. The molecule has 10 heteroatoms. The van der Waals surface area contributed by atoms with Crippen molar-refractivity contribution in [3.05, 3.63) is 51.1 Å². The number of aliphatic hydroxyl groups excluding tert-OH is 1. The number of anilines is 2. The van der Waals surface area contributed by atoms with E-state index in [9.17, 15) is 23.1 Å². The molecule has 2 rings (SSSR count). The van der Waals surface area contributed by atoms with Crippen LogP contribution in [-0.4, -0.2) is 41.5 Å². The molecule has 1 heterocycles. The first-order chi connectivity index (χ1) is 13.5. The number of hydrogen-bond donors (Lipinski definition) is 4. The summed E-state index contributed by atoms with van der Waals surface area (Å²) in [6, 6.07) is 2.49. The molecule has 1 unspecified atom stereocenters. The number of aliphatic hydroxyl groups is 1. The highest BCUT2D eigenvalue weighted by molar-refractivity contribution is 6.02. The van der Waals surface area contributed by atoms with Gasteiger partial charge in [0.2, 0.25) is 5.95 Å². The number of hydrogen-bond acceptors (Lipinski definition) is 6. The molecule has 0 bridgehead atoms. The third-order valence-electron chi connectivity index (χ3n) is 4.39. The van der Waals surface area contributed by atoms with Gasteiger partial charge in [-0.15, -0.1) is 0 Å². The van der Waals surface area contributed by atoms with Crippen LogP contribution in [0, 0.1) is 11.2 Å². The van der Waals surface area contributed by atoms with E-state index in [2.05, 4.69) is 15.3 Å². The molecule has 2 aromatic rings. The SMILES string of the molecule is CCC(Nc1nc(N(C)C)[nH]c(=O)c1C(=N)CO)c1ccc(C(C)(F)F)cc1F. The van der Waals surface area contributed by atoms with Crippen molar-refractivity contribution in [3.8, 4) is 0 Å². The molecular weight excluding hydrogens is 387 g/mol. The molecule has 29 heavy (non-hydrogen) atoms. The van der Waals surface area contributed by atoms with Crippen molar-refractivity contribution in [3.63, 3.8) is 0 Å². The molecule has 0 radical (unpaired) electrons. The van der Waals surface area contributed by atoms with Crippen molar-refractivity contribution in [2.75, 3.05) is 30.9 Å². The Balaban J connectivity index is 2.53. The standard InChI is InChI=1S/C19H24F3N5O2/c1-5-14(11-7-6-10(8-12(11)20)19(2,21)22)24-16-15(13(23)9-28)17(29)26-18(25-16)27(3)4/h6-8,14,23,28H,5,9H2,1-4H3,(H2,24,25,26,29). The summed E-state index contributed by atoms with van der Waals surface area (Å²) in [5, 5.41) is 20.1. The zero-order valence-electron chi connectivity index (χ0n) is 16.6. The van der Waals surface area contributed by atoms with Gasteiger partial charge in [-0.2, -0.15) is 4.98 Å². The second-order valence-corrected chi connectivity index (χ2v) is 6.87. The molecule has 0 aliphatic carbocycles. The first kappa shape index (κ1) is 22.4. The van der Waals surface area contributed by atoms with Gasteiger partial charge in [-0.25, -0.2) is 13.2 Å². The Hall–Kier alpha value is -2.88. The average Bonchev–Trinajstić information content (AvgIpc) is 2.64. The van der Waals surface area contributed by atoms with Gasteiger partial charge < -0.3 is 20.7 Å². The summed E-state index contributed by atoms with van der Waals surface area (Å²) in [6.45, 7) is 1.75. The van der Waals surface area contributed by atoms with Gasteiger partial charge in [0.1, 0.15) is 17.2 Å². The molecule has 0 aliphatic heterocycles. The van der Waals surface area contributed by atoms with Crippen LogP contribution < -0.4 is 15.8 Å². The van der Waals surface area contributed by atoms with Crippen molar-refractivity contribution in [1.29, 1.82) is 5.41 Å². The fourth-order valence-electron chi connectivity index (χ4n) is 2.78. The number of alkyl halides is 2. The van der Waals surface area contributed by atoms with E-state index in [1.165, 1.54) is 6.07 Å². The maximum atomic E-state index is 14.6. The van der Waals surface area contributed by atoms with Gasteiger partial charge in [-0.3, -0.25) is 9.78 Å². The molecule has 0 saturated carbocycles. The highest BCUT2D eigenvalue weighted by Crippen LogP contribution is 2.31. The number of rotatable bonds is 8. The van der Waals surface area contributed by atoms with E-state index in [1.54, 1.807) is 25.9 Å². The van der Waals surface area contributed by atoms with Crippen LogP contribution in [0.5, 0.6) is 0 Å². The Bertz CT molecular complexity index is 954. The molecule has 0 spiro atoms. The lowest BCUT2D eigenvalue weighted by molar-refractivity contribution is 0.0171. The molecule has 0 amide bonds. The minimum Gasteiger partial charge on any atom is -0.390 e. The number of benzene rings is 1. The minimum absolute atomic E-state index is 0.00681. The molecule has 7 nitrogen and oxygen atoms in total. The molecule has 1 atom stereocenters. The van der Waals surface area contributed by atoms with Crippen LogP contribution >= 0.6 is 0 Å². The Morgan fingerprint density at radius 2 is 2.07 bits per heavy atom. The summed E-state index contributed by atoms with van der Waals surface area (Å²) in [5.74, 6) is -3.80. The Kier molecular flexibility index (Phi) is 6.68. The van der Waals surface area contributed by atoms with Gasteiger partial charge in [0.05, 0.1) is 18.4 Å². The minimum atomic E-state index is -3.17. The van der Waals surface area contributed by atoms with E-state index in [0.717, 1.165) is 12.1 Å². The van der Waals surface area contributed by atoms with E-state index in [1.807, 2.05) is 0 Å². The molecule has 1 aromatic carbocycles. The quantitative estimate of drug-likeness (QED) is 0.500. The Labute approximate surface area is 166 Å². The molecular formula is C19H24F3N5O2. The van der Waals surface area contributed by atoms with Crippen LogP contribution in [-0.2, 0) is 5.92 Å². The molecule has 0 fully saturated rings. The normalized spacial score (nSPS) is 12.6. The number of nitrogens with one attached hydrogen (secondary N) is 3. The van der Waals surface area contributed by atoms with E-state index < -0.39 is 35.5 Å². The van der Waals surface area contributed by atoms with Gasteiger partial charge >= 0.3 is 0 Å². The van der Waals surface area contributed by atoms with Crippen molar-refractivity contribution < 1.29 is 18.3 Å². The lowest BCUT2D eigenvalue weighted by atomic mass is 9.99. The summed E-state index contributed by atoms with van der Waals surface area (Å²) in [4.78, 5) is 20.7. The largest absolute Gasteiger partial charge is 0.390 e. The first-order valence-electron chi connectivity index (χ1n) is 8.94. The monoisotopic (exact) mass is 411 g/mol. The number of halogens is 3. The summed E-state index contributed by atoms with van der Waals surface area (Å²) in [6.07, 6.45) is 0.344. The number of aromatic nitrogens is 2. The summed E-state index contributed by atoms with van der Waals surface area (Å²) >= 11 is 0. The third-order valence-corrected chi connectivity index (χ3v) is 4.39. The fourth-order valence-corrected chi connectivity index (χ4v) is 2.78. The van der Waals surface area contributed by atoms with E-state index in [4.69, 9.17) is 5.41 Å². The number of nitrogens with zero attached hydrogens (tertiary/aromatic N) is 2. The highest BCUT2D eigenvalue weighted by atomic mass is 19.3. The Morgan fingerprint density at radius 3 is 2.55 bits per heavy atom. The van der Waals surface area contributed by atoms with Crippen LogP contribution in [0.1, 0.15) is 43.0 Å². The van der Waals surface area contributed by atoms with Crippen LogP contribution in [0.3, 0.4) is 0 Å². The predicted molar refractivity (Wildman–Crippen MR) is 106 cm³/mol. The summed E-state index contributed by atoms with van der Waals surface area (Å²) in [5.41, 5.74) is -1.49. The van der Waals surface area contributed by atoms with Gasteiger partial charge in [0, 0.05) is 32.1 Å². The maximum absolute atomic E-state index is 14.6. The van der Waals surface area contributed by atoms with Gasteiger partial charge in [0.15, 0.2) is 0 Å². The van der Waals surface area contributed by atoms with Gasteiger partial charge in [-0.1, -0.05) is 19.1 Å². The number of aromatic amines is 1. The van der Waals surface area contributed by atoms with Crippen molar-refractivity contribution in [2.24, 2.45) is 0 Å². The van der Waals surface area contributed by atoms with Crippen LogP contribution in [0.2, 0.25) is 0 Å². The Morgan fingerprint density at radius 1 is 1.41 bits per heavy atom. The fraction of sp³-hybridized carbons (Fsp3) is 0.421. The summed E-state index contributed by atoms with van der Waals surface area (Å²) in [7, 11) is 3.30. The van der Waals surface area contributed by atoms with E-state index >= 15 is 0 Å². The second kappa shape index (κ2) is 8.64. The van der Waals surface area contributed by atoms with Crippen LogP contribution in [0.4, 0.5) is 24.9 Å². The first-order valence-corrected chi connectivity index (χ1v) is 8.94. The maximum Gasteiger partial charge on any atom is 0.270 e. The average molecular weight is 411 g/mol. The zero-order valence-corrected chi connectivity index (χ0v) is 16.6. The molecule has 1 aromatic heterocycles. The molecule has 158 valence electrons. The summed E-state index contributed by atoms with van der Waals surface area (Å²) < 4.78 is 41.5. The van der Waals surface area contributed by atoms with Crippen LogP contribution in [0.25, 0.3) is 0 Å². The lowest BCUT2D eigenvalue weighted by Gasteiger charge is -2.22. The van der Waals surface area contributed by atoms with E-state index in [0.29, 0.717) is 13.3 Å². The van der Waals surface area contributed by atoms with E-state index in [-0.39, 0.29) is 28.6 Å². The van der Waals surface area contributed by atoms with Crippen molar-refractivity contribution in [2.45, 2.75) is 32.2 Å². The smallest absolute Gasteiger partial charge is 0.270 e. The van der Waals surface area contributed by atoms with Crippen molar-refractivity contribution >= 4 is 17.5 Å². The number of H-pyrrole nitrogens is 1.